The normalized spacial score (nSPS) is 21.2. The summed E-state index contributed by atoms with van der Waals surface area (Å²) in [6.07, 6.45) is 2.21. The molecule has 0 aliphatic heterocycles. The van der Waals surface area contributed by atoms with Gasteiger partial charge in [0.2, 0.25) is 0 Å². The number of benzene rings is 1. The molecule has 8 nitrogen and oxygen atoms in total. The molecule has 2 heterocycles. The number of nitrogens with zero attached hydrogens (tertiary/aromatic N) is 3. The molecule has 1 unspecified atom stereocenters. The van der Waals surface area contributed by atoms with Gasteiger partial charge >= 0.3 is 5.97 Å². The lowest BCUT2D eigenvalue weighted by molar-refractivity contribution is 0.0691. The molecule has 0 spiro atoms. The second-order valence-electron chi connectivity index (χ2n) is 8.68. The molecule has 2 aliphatic carbocycles. The number of pyridine rings is 1. The molecule has 0 radical (unpaired) electrons. The number of fused-ring (bicyclic) bond motifs is 2. The van der Waals surface area contributed by atoms with E-state index in [1.807, 2.05) is 26.0 Å². The van der Waals surface area contributed by atoms with Gasteiger partial charge in [-0.25, -0.2) is 14.8 Å². The number of anilines is 1. The third kappa shape index (κ3) is 4.20. The van der Waals surface area contributed by atoms with Crippen molar-refractivity contribution in [3.8, 4) is 0 Å². The van der Waals surface area contributed by atoms with Crippen molar-refractivity contribution in [2.24, 2.45) is 13.0 Å². The van der Waals surface area contributed by atoms with Crippen molar-refractivity contribution in [2.75, 3.05) is 5.32 Å². The number of aromatic nitrogens is 3. The summed E-state index contributed by atoms with van der Waals surface area (Å²) in [5.41, 5.74) is 2.30. The van der Waals surface area contributed by atoms with Gasteiger partial charge in [0.05, 0.1) is 28.2 Å². The van der Waals surface area contributed by atoms with Crippen LogP contribution in [0.1, 0.15) is 53.2 Å². The highest BCUT2D eigenvalue weighted by atomic mass is 35.5. The number of hydrogen-bond acceptors (Lipinski definition) is 6. The van der Waals surface area contributed by atoms with Crippen LogP contribution in [0.4, 0.5) is 5.69 Å². The van der Waals surface area contributed by atoms with Gasteiger partial charge in [-0.1, -0.05) is 17.7 Å². The van der Waals surface area contributed by atoms with E-state index in [-0.39, 0.29) is 28.0 Å². The molecule has 1 atom stereocenters. The van der Waals surface area contributed by atoms with Crippen molar-refractivity contribution in [3.63, 3.8) is 0 Å². The number of carboxylic acid groups (broad SMARTS) is 1. The van der Waals surface area contributed by atoms with Crippen LogP contribution in [-0.4, -0.2) is 36.3 Å². The van der Waals surface area contributed by atoms with Crippen LogP contribution in [0.25, 0.3) is 10.9 Å². The molecular formula is C23H25ClN4O4. The largest absolute Gasteiger partial charge is 0.476 e. The van der Waals surface area contributed by atoms with E-state index in [4.69, 9.17) is 16.7 Å². The van der Waals surface area contributed by atoms with Crippen molar-refractivity contribution in [3.05, 3.63) is 62.4 Å². The highest BCUT2D eigenvalue weighted by Gasteiger charge is 2.69. The molecule has 3 aromatic rings. The molecule has 0 bridgehead atoms. The molecule has 9 heteroatoms. The summed E-state index contributed by atoms with van der Waals surface area (Å²) in [7, 11) is 1.69. The van der Waals surface area contributed by atoms with Crippen LogP contribution < -0.4 is 10.9 Å². The van der Waals surface area contributed by atoms with E-state index < -0.39 is 5.97 Å². The SMILES string of the molecule is Cc1cc(C(C)Nc2ccc(Cl)nc2C(=O)O)c2nc(C)n(C)c(=O)c2c1.OC12CC1C2. The number of carbonyl (C=O) groups is 1. The topological polar surface area (TPSA) is 117 Å². The fourth-order valence-electron chi connectivity index (χ4n) is 3.69. The Morgan fingerprint density at radius 3 is 2.47 bits per heavy atom. The molecule has 2 saturated carbocycles. The maximum absolute atomic E-state index is 12.6. The number of nitrogens with one attached hydrogen (secondary N) is 1. The van der Waals surface area contributed by atoms with Gasteiger partial charge in [0.15, 0.2) is 5.69 Å². The van der Waals surface area contributed by atoms with Gasteiger partial charge < -0.3 is 15.5 Å². The molecule has 3 N–H and O–H groups in total. The Hall–Kier alpha value is -2.97. The summed E-state index contributed by atoms with van der Waals surface area (Å²) < 4.78 is 1.51. The minimum atomic E-state index is -1.18. The van der Waals surface area contributed by atoms with Crippen LogP contribution in [-0.2, 0) is 7.05 Å². The molecule has 5 rings (SSSR count). The molecule has 2 aromatic heterocycles. The molecule has 32 heavy (non-hydrogen) atoms. The van der Waals surface area contributed by atoms with Gasteiger partial charge in [-0.15, -0.1) is 0 Å². The van der Waals surface area contributed by atoms with E-state index in [1.54, 1.807) is 20.0 Å². The zero-order chi connectivity index (χ0) is 23.4. The molecule has 0 saturated heterocycles. The van der Waals surface area contributed by atoms with E-state index in [9.17, 15) is 14.7 Å². The second kappa shape index (κ2) is 7.86. The van der Waals surface area contributed by atoms with E-state index in [2.05, 4.69) is 15.3 Å². The number of hydrogen-bond donors (Lipinski definition) is 3. The standard InChI is InChI=1S/C19H19ClN4O3.C4H6O/c1-9-7-12(16-13(8-9)18(25)24(4)11(3)22-16)10(2)21-14-5-6-15(20)23-17(14)19(26)27;5-4-1-3(4)2-4/h5-8,10,21H,1-4H3,(H,26,27);3,5H,1-2H2. The average Bonchev–Trinajstić information content (AvgIpc) is 3.57. The highest BCUT2D eigenvalue weighted by Crippen LogP contribution is 2.66. The number of aliphatic hydroxyl groups is 1. The number of aromatic carboxylic acids is 1. The Bertz CT molecular complexity index is 1300. The summed E-state index contributed by atoms with van der Waals surface area (Å²) in [6.45, 7) is 5.55. The zero-order valence-electron chi connectivity index (χ0n) is 18.3. The van der Waals surface area contributed by atoms with Crippen molar-refractivity contribution >= 4 is 34.2 Å². The number of aryl methyl sites for hydroxylation is 2. The van der Waals surface area contributed by atoms with Crippen molar-refractivity contribution < 1.29 is 15.0 Å². The minimum Gasteiger partial charge on any atom is -0.476 e. The zero-order valence-corrected chi connectivity index (χ0v) is 19.1. The molecular weight excluding hydrogens is 432 g/mol. The van der Waals surface area contributed by atoms with Gasteiger partial charge in [-0.05, 0) is 63.3 Å². The van der Waals surface area contributed by atoms with Crippen LogP contribution in [0.15, 0.2) is 29.1 Å². The molecule has 2 fully saturated rings. The molecule has 168 valence electrons. The van der Waals surface area contributed by atoms with Crippen LogP contribution in [0.3, 0.4) is 0 Å². The summed E-state index contributed by atoms with van der Waals surface area (Å²) >= 11 is 5.81. The van der Waals surface area contributed by atoms with Crippen molar-refractivity contribution in [1.82, 2.24) is 14.5 Å². The van der Waals surface area contributed by atoms with Gasteiger partial charge in [-0.3, -0.25) is 9.36 Å². The number of carboxylic acids is 1. The summed E-state index contributed by atoms with van der Waals surface area (Å²) in [5.74, 6) is 0.177. The summed E-state index contributed by atoms with van der Waals surface area (Å²) in [5, 5.41) is 21.9. The predicted octanol–water partition coefficient (Wildman–Crippen LogP) is 3.61. The molecule has 0 amide bonds. The first kappa shape index (κ1) is 22.2. The smallest absolute Gasteiger partial charge is 0.356 e. The highest BCUT2D eigenvalue weighted by molar-refractivity contribution is 6.29. The first-order valence-electron chi connectivity index (χ1n) is 10.4. The first-order chi connectivity index (χ1) is 15.0. The van der Waals surface area contributed by atoms with Gasteiger partial charge in [-0.2, -0.15) is 0 Å². The van der Waals surface area contributed by atoms with Gasteiger partial charge in [0.25, 0.3) is 5.56 Å². The number of rotatable bonds is 4. The first-order valence-corrected chi connectivity index (χ1v) is 10.7. The number of halogens is 1. The predicted molar refractivity (Wildman–Crippen MR) is 122 cm³/mol. The third-order valence-electron chi connectivity index (χ3n) is 6.12. The van der Waals surface area contributed by atoms with Crippen LogP contribution in [0, 0.1) is 19.8 Å². The maximum atomic E-state index is 12.6. The van der Waals surface area contributed by atoms with E-state index in [0.29, 0.717) is 22.4 Å². The average molecular weight is 457 g/mol. The fraction of sp³-hybridized carbons (Fsp3) is 0.391. The quantitative estimate of drug-likeness (QED) is 0.513. The lowest BCUT2D eigenvalue weighted by atomic mass is 10.0. The van der Waals surface area contributed by atoms with E-state index in [0.717, 1.165) is 29.9 Å². The van der Waals surface area contributed by atoms with Gasteiger partial charge in [0.1, 0.15) is 11.0 Å². The molecule has 2 aliphatic rings. The minimum absolute atomic E-state index is 0.0833. The summed E-state index contributed by atoms with van der Waals surface area (Å²) in [4.78, 5) is 32.5. The van der Waals surface area contributed by atoms with Crippen LogP contribution in [0.5, 0.6) is 0 Å². The van der Waals surface area contributed by atoms with Crippen molar-refractivity contribution in [1.29, 1.82) is 0 Å². The third-order valence-corrected chi connectivity index (χ3v) is 6.33. The van der Waals surface area contributed by atoms with E-state index >= 15 is 0 Å². The Balaban J connectivity index is 0.000000422. The van der Waals surface area contributed by atoms with Gasteiger partial charge in [0, 0.05) is 12.6 Å². The molecule has 1 aromatic carbocycles. The Kier molecular flexibility index (Phi) is 5.46. The summed E-state index contributed by atoms with van der Waals surface area (Å²) in [6, 6.07) is 6.54. The van der Waals surface area contributed by atoms with Crippen LogP contribution in [0.2, 0.25) is 5.15 Å². The monoisotopic (exact) mass is 456 g/mol. The maximum Gasteiger partial charge on any atom is 0.356 e. The second-order valence-corrected chi connectivity index (χ2v) is 9.07. The Morgan fingerprint density at radius 2 is 1.91 bits per heavy atom. The lowest BCUT2D eigenvalue weighted by Gasteiger charge is -2.19. The van der Waals surface area contributed by atoms with Crippen molar-refractivity contribution in [2.45, 2.75) is 45.3 Å². The van der Waals surface area contributed by atoms with Crippen LogP contribution >= 0.6 is 11.6 Å². The Labute approximate surface area is 189 Å². The lowest BCUT2D eigenvalue weighted by Crippen LogP contribution is -2.22. The Morgan fingerprint density at radius 1 is 1.28 bits per heavy atom. The van der Waals surface area contributed by atoms with E-state index in [1.165, 1.54) is 10.6 Å². The fourth-order valence-corrected chi connectivity index (χ4v) is 3.84.